The van der Waals surface area contributed by atoms with Gasteiger partial charge in [0.05, 0.1) is 12.6 Å². The summed E-state index contributed by atoms with van der Waals surface area (Å²) in [5, 5.41) is 8.64. The molecule has 1 aliphatic heterocycles. The maximum Gasteiger partial charge on any atom is 0.0866 e. The first kappa shape index (κ1) is 13.0. The van der Waals surface area contributed by atoms with Gasteiger partial charge in [-0.1, -0.05) is 30.3 Å². The number of likely N-dealkylation sites (tertiary alicyclic amines) is 1. The highest BCUT2D eigenvalue weighted by Gasteiger charge is 2.30. The molecule has 2 rings (SSSR count). The third kappa shape index (κ3) is 2.73. The minimum absolute atomic E-state index is 0. The molecule has 0 aromatic heterocycles. The van der Waals surface area contributed by atoms with Crippen LogP contribution in [0.4, 0.5) is 0 Å². The molecule has 0 saturated carbocycles. The molecule has 3 nitrogen and oxygen atoms in total. The number of rotatable bonds is 2. The van der Waals surface area contributed by atoms with Gasteiger partial charge >= 0.3 is 0 Å². The van der Waals surface area contributed by atoms with E-state index in [9.17, 15) is 0 Å². The Balaban J connectivity index is 0.00000128. The molecule has 0 aliphatic carbocycles. The summed E-state index contributed by atoms with van der Waals surface area (Å²) >= 11 is 0. The standard InChI is InChI=1S/C12H15N3.ClH/c13-6-7-15-8-11(12(14)9-15)10-4-2-1-3-5-10;/h1-5,11-12H,7-9,14H2;1H/t11-,12+;/m0./s1. The van der Waals surface area contributed by atoms with Gasteiger partial charge in [0.25, 0.3) is 0 Å². The Morgan fingerprint density at radius 2 is 2.00 bits per heavy atom. The van der Waals surface area contributed by atoms with Crippen LogP contribution < -0.4 is 5.73 Å². The van der Waals surface area contributed by atoms with Crippen LogP contribution in [0.2, 0.25) is 0 Å². The van der Waals surface area contributed by atoms with E-state index in [0.717, 1.165) is 13.1 Å². The molecule has 0 unspecified atom stereocenters. The van der Waals surface area contributed by atoms with E-state index in [1.807, 2.05) is 18.2 Å². The summed E-state index contributed by atoms with van der Waals surface area (Å²) in [4.78, 5) is 2.11. The number of halogens is 1. The second kappa shape index (κ2) is 5.86. The molecule has 86 valence electrons. The van der Waals surface area contributed by atoms with Crippen molar-refractivity contribution >= 4 is 12.4 Å². The van der Waals surface area contributed by atoms with Gasteiger partial charge in [-0.15, -0.1) is 12.4 Å². The minimum atomic E-state index is 0. The van der Waals surface area contributed by atoms with Gasteiger partial charge in [-0.3, -0.25) is 4.90 Å². The smallest absolute Gasteiger partial charge is 0.0866 e. The van der Waals surface area contributed by atoms with E-state index in [1.54, 1.807) is 0 Å². The summed E-state index contributed by atoms with van der Waals surface area (Å²) in [6.45, 7) is 2.21. The molecule has 0 bridgehead atoms. The lowest BCUT2D eigenvalue weighted by atomic mass is 9.95. The Bertz CT molecular complexity index is 360. The van der Waals surface area contributed by atoms with Gasteiger partial charge in [-0.2, -0.15) is 5.26 Å². The van der Waals surface area contributed by atoms with Gasteiger partial charge in [0, 0.05) is 25.0 Å². The molecule has 1 heterocycles. The van der Waals surface area contributed by atoms with Crippen LogP contribution in [0.3, 0.4) is 0 Å². The molecule has 0 amide bonds. The van der Waals surface area contributed by atoms with Crippen LogP contribution in [-0.2, 0) is 0 Å². The van der Waals surface area contributed by atoms with E-state index >= 15 is 0 Å². The fraction of sp³-hybridized carbons (Fsp3) is 0.417. The third-order valence-electron chi connectivity index (χ3n) is 2.96. The van der Waals surface area contributed by atoms with Gasteiger partial charge in [-0.05, 0) is 5.56 Å². The van der Waals surface area contributed by atoms with Crippen LogP contribution in [0, 0.1) is 11.3 Å². The Morgan fingerprint density at radius 1 is 1.31 bits per heavy atom. The lowest BCUT2D eigenvalue weighted by Crippen LogP contribution is -2.28. The quantitative estimate of drug-likeness (QED) is 0.791. The summed E-state index contributed by atoms with van der Waals surface area (Å²) in [6, 6.07) is 12.6. The number of nitrogens with zero attached hydrogens (tertiary/aromatic N) is 2. The first-order chi connectivity index (χ1) is 7.31. The van der Waals surface area contributed by atoms with Crippen LogP contribution in [0.15, 0.2) is 30.3 Å². The van der Waals surface area contributed by atoms with Gasteiger partial charge < -0.3 is 5.73 Å². The highest BCUT2D eigenvalue weighted by atomic mass is 35.5. The number of hydrogen-bond acceptors (Lipinski definition) is 3. The van der Waals surface area contributed by atoms with E-state index in [1.165, 1.54) is 5.56 Å². The van der Waals surface area contributed by atoms with Crippen molar-refractivity contribution in [2.24, 2.45) is 5.73 Å². The molecule has 1 aromatic carbocycles. The van der Waals surface area contributed by atoms with Gasteiger partial charge in [0.1, 0.15) is 0 Å². The molecule has 1 saturated heterocycles. The lowest BCUT2D eigenvalue weighted by molar-refractivity contribution is 0.372. The predicted molar refractivity (Wildman–Crippen MR) is 66.5 cm³/mol. The first-order valence-corrected chi connectivity index (χ1v) is 5.21. The van der Waals surface area contributed by atoms with Crippen LogP contribution in [0.1, 0.15) is 11.5 Å². The van der Waals surface area contributed by atoms with Crippen LogP contribution >= 0.6 is 12.4 Å². The molecule has 2 atom stereocenters. The first-order valence-electron chi connectivity index (χ1n) is 5.21. The van der Waals surface area contributed by atoms with Crippen LogP contribution in [-0.4, -0.2) is 30.6 Å². The summed E-state index contributed by atoms with van der Waals surface area (Å²) < 4.78 is 0. The van der Waals surface area contributed by atoms with Crippen LogP contribution in [0.25, 0.3) is 0 Å². The minimum Gasteiger partial charge on any atom is -0.326 e. The zero-order valence-electron chi connectivity index (χ0n) is 9.04. The van der Waals surface area contributed by atoms with Crippen molar-refractivity contribution in [2.75, 3.05) is 19.6 Å². The Kier molecular flexibility index (Phi) is 4.75. The zero-order valence-corrected chi connectivity index (χ0v) is 9.86. The fourth-order valence-electron chi connectivity index (χ4n) is 2.20. The van der Waals surface area contributed by atoms with Gasteiger partial charge in [-0.25, -0.2) is 0 Å². The number of benzene rings is 1. The summed E-state index contributed by atoms with van der Waals surface area (Å²) in [5.41, 5.74) is 7.36. The summed E-state index contributed by atoms with van der Waals surface area (Å²) in [7, 11) is 0. The van der Waals surface area contributed by atoms with Crippen molar-refractivity contribution in [1.82, 2.24) is 4.90 Å². The highest BCUT2D eigenvalue weighted by Crippen LogP contribution is 2.25. The largest absolute Gasteiger partial charge is 0.326 e. The Hall–Kier alpha value is -1.08. The van der Waals surface area contributed by atoms with Crippen molar-refractivity contribution in [1.29, 1.82) is 5.26 Å². The molecular weight excluding hydrogens is 222 g/mol. The van der Waals surface area contributed by atoms with E-state index < -0.39 is 0 Å². The average Bonchev–Trinajstić information content (AvgIpc) is 2.61. The van der Waals surface area contributed by atoms with E-state index in [2.05, 4.69) is 23.1 Å². The monoisotopic (exact) mass is 237 g/mol. The number of nitriles is 1. The summed E-state index contributed by atoms with van der Waals surface area (Å²) in [6.07, 6.45) is 0. The second-order valence-electron chi connectivity index (χ2n) is 4.03. The summed E-state index contributed by atoms with van der Waals surface area (Å²) in [5.74, 6) is 0.375. The number of hydrogen-bond donors (Lipinski definition) is 1. The highest BCUT2D eigenvalue weighted by molar-refractivity contribution is 5.85. The molecule has 1 fully saturated rings. The Morgan fingerprint density at radius 3 is 2.62 bits per heavy atom. The van der Waals surface area contributed by atoms with Crippen molar-refractivity contribution in [2.45, 2.75) is 12.0 Å². The fourth-order valence-corrected chi connectivity index (χ4v) is 2.20. The molecule has 16 heavy (non-hydrogen) atoms. The van der Waals surface area contributed by atoms with E-state index in [0.29, 0.717) is 12.5 Å². The number of nitrogens with two attached hydrogens (primary N) is 1. The molecule has 0 spiro atoms. The molecule has 2 N–H and O–H groups in total. The molecule has 1 aromatic rings. The zero-order chi connectivity index (χ0) is 10.7. The normalized spacial score (nSPS) is 24.8. The SMILES string of the molecule is Cl.N#CCN1C[C@@H](N)[C@H](c2ccccc2)C1. The van der Waals surface area contributed by atoms with E-state index in [4.69, 9.17) is 11.0 Å². The average molecular weight is 238 g/mol. The van der Waals surface area contributed by atoms with Gasteiger partial charge in [0.2, 0.25) is 0 Å². The lowest BCUT2D eigenvalue weighted by Gasteiger charge is -2.14. The van der Waals surface area contributed by atoms with Crippen molar-refractivity contribution in [3.05, 3.63) is 35.9 Å². The maximum atomic E-state index is 8.64. The molecular formula is C12H16ClN3. The van der Waals surface area contributed by atoms with Crippen molar-refractivity contribution < 1.29 is 0 Å². The Labute approximate surface area is 102 Å². The molecule has 1 aliphatic rings. The third-order valence-corrected chi connectivity index (χ3v) is 2.96. The topological polar surface area (TPSA) is 53.0 Å². The second-order valence-corrected chi connectivity index (χ2v) is 4.03. The van der Waals surface area contributed by atoms with E-state index in [-0.39, 0.29) is 18.4 Å². The van der Waals surface area contributed by atoms with Gasteiger partial charge in [0.15, 0.2) is 0 Å². The van der Waals surface area contributed by atoms with Crippen molar-refractivity contribution in [3.8, 4) is 6.07 Å². The predicted octanol–water partition coefficient (Wildman–Crippen LogP) is 1.36. The molecule has 4 heteroatoms. The van der Waals surface area contributed by atoms with Crippen LogP contribution in [0.5, 0.6) is 0 Å². The van der Waals surface area contributed by atoms with Crippen molar-refractivity contribution in [3.63, 3.8) is 0 Å². The maximum absolute atomic E-state index is 8.64. The molecule has 0 radical (unpaired) electrons.